The molecule has 0 amide bonds. The summed E-state index contributed by atoms with van der Waals surface area (Å²) in [6.45, 7) is 7.32. The summed E-state index contributed by atoms with van der Waals surface area (Å²) in [5.41, 5.74) is 4.89. The van der Waals surface area contributed by atoms with E-state index >= 15 is 0 Å². The number of likely N-dealkylation sites (N-methyl/N-ethyl adjacent to an activating group) is 1. The zero-order valence-electron chi connectivity index (χ0n) is 13.2. The van der Waals surface area contributed by atoms with E-state index < -0.39 is 0 Å². The lowest BCUT2D eigenvalue weighted by molar-refractivity contribution is 0.395. The normalized spacial score (nSPS) is 12.2. The third-order valence-corrected chi connectivity index (χ3v) is 3.57. The topological polar surface area (TPSA) is 47.0 Å². The van der Waals surface area contributed by atoms with Crippen molar-refractivity contribution in [1.29, 1.82) is 0 Å². The summed E-state index contributed by atoms with van der Waals surface area (Å²) < 4.78 is 5.17. The molecule has 1 unspecified atom stereocenters. The molecule has 0 spiro atoms. The molecule has 2 rings (SSSR count). The molecular formula is C17H23N3O. The highest BCUT2D eigenvalue weighted by Crippen LogP contribution is 2.23. The van der Waals surface area contributed by atoms with Crippen molar-refractivity contribution in [2.24, 2.45) is 0 Å². The van der Waals surface area contributed by atoms with Gasteiger partial charge in [-0.3, -0.25) is 0 Å². The lowest BCUT2D eigenvalue weighted by Crippen LogP contribution is -2.24. The van der Waals surface area contributed by atoms with Gasteiger partial charge in [0.15, 0.2) is 0 Å². The standard InChI is InChI=1S/C17H23N3O/c1-5-18-16(15-7-6-12(2)8-13(15)3)9-14-10-17(21-4)20-11-19-14/h6-8,10-11,16,18H,5,9H2,1-4H3. The van der Waals surface area contributed by atoms with E-state index in [1.165, 1.54) is 16.7 Å². The molecule has 1 atom stereocenters. The first-order chi connectivity index (χ1) is 10.1. The fraction of sp³-hybridized carbons (Fsp3) is 0.412. The Morgan fingerprint density at radius 2 is 2.00 bits per heavy atom. The number of nitrogens with zero attached hydrogens (tertiary/aromatic N) is 2. The van der Waals surface area contributed by atoms with Crippen molar-refractivity contribution >= 4 is 0 Å². The molecule has 2 aromatic rings. The number of ether oxygens (including phenoxy) is 1. The number of aromatic nitrogens is 2. The molecule has 0 fully saturated rings. The van der Waals surface area contributed by atoms with Crippen LogP contribution in [0.4, 0.5) is 0 Å². The van der Waals surface area contributed by atoms with Gasteiger partial charge in [0.2, 0.25) is 5.88 Å². The molecule has 112 valence electrons. The first-order valence-corrected chi connectivity index (χ1v) is 7.29. The van der Waals surface area contributed by atoms with E-state index in [1.807, 2.05) is 6.07 Å². The fourth-order valence-electron chi connectivity index (χ4n) is 2.56. The summed E-state index contributed by atoms with van der Waals surface area (Å²) in [6.07, 6.45) is 2.37. The van der Waals surface area contributed by atoms with Gasteiger partial charge < -0.3 is 10.1 Å². The first-order valence-electron chi connectivity index (χ1n) is 7.29. The second-order valence-corrected chi connectivity index (χ2v) is 5.23. The molecule has 4 heteroatoms. The SMILES string of the molecule is CCNC(Cc1cc(OC)ncn1)c1ccc(C)cc1C. The van der Waals surface area contributed by atoms with E-state index in [0.717, 1.165) is 18.7 Å². The van der Waals surface area contributed by atoms with E-state index in [2.05, 4.69) is 54.3 Å². The van der Waals surface area contributed by atoms with Crippen molar-refractivity contribution in [3.8, 4) is 5.88 Å². The smallest absolute Gasteiger partial charge is 0.216 e. The predicted molar refractivity (Wildman–Crippen MR) is 84.6 cm³/mol. The van der Waals surface area contributed by atoms with Gasteiger partial charge in [0.05, 0.1) is 7.11 Å². The number of benzene rings is 1. The molecule has 1 N–H and O–H groups in total. The minimum absolute atomic E-state index is 0.246. The Bertz CT molecular complexity index is 598. The summed E-state index contributed by atoms with van der Waals surface area (Å²) in [4.78, 5) is 8.41. The second-order valence-electron chi connectivity index (χ2n) is 5.23. The van der Waals surface area contributed by atoms with Crippen LogP contribution in [0.2, 0.25) is 0 Å². The minimum atomic E-state index is 0.246. The molecule has 0 saturated carbocycles. The predicted octanol–water partition coefficient (Wildman–Crippen LogP) is 3.00. The van der Waals surface area contributed by atoms with Crippen LogP contribution in [0.1, 0.15) is 35.3 Å². The highest BCUT2D eigenvalue weighted by molar-refractivity contribution is 5.33. The van der Waals surface area contributed by atoms with Gasteiger partial charge in [0.1, 0.15) is 6.33 Å². The van der Waals surface area contributed by atoms with Crippen molar-refractivity contribution in [3.05, 3.63) is 53.0 Å². The maximum atomic E-state index is 5.17. The molecule has 1 aromatic carbocycles. The van der Waals surface area contributed by atoms with Crippen LogP contribution in [-0.2, 0) is 6.42 Å². The molecule has 0 aliphatic carbocycles. The van der Waals surface area contributed by atoms with E-state index in [4.69, 9.17) is 4.74 Å². The summed E-state index contributed by atoms with van der Waals surface area (Å²) >= 11 is 0. The number of hydrogen-bond donors (Lipinski definition) is 1. The number of nitrogens with one attached hydrogen (secondary N) is 1. The van der Waals surface area contributed by atoms with E-state index in [9.17, 15) is 0 Å². The van der Waals surface area contributed by atoms with Gasteiger partial charge >= 0.3 is 0 Å². The summed E-state index contributed by atoms with van der Waals surface area (Å²) in [6, 6.07) is 8.73. The van der Waals surface area contributed by atoms with Crippen LogP contribution in [0, 0.1) is 13.8 Å². The maximum absolute atomic E-state index is 5.17. The minimum Gasteiger partial charge on any atom is -0.481 e. The molecule has 1 aromatic heterocycles. The Hall–Kier alpha value is -1.94. The maximum Gasteiger partial charge on any atom is 0.216 e. The highest BCUT2D eigenvalue weighted by atomic mass is 16.5. The zero-order chi connectivity index (χ0) is 15.2. The number of hydrogen-bond acceptors (Lipinski definition) is 4. The van der Waals surface area contributed by atoms with Crippen LogP contribution in [0.15, 0.2) is 30.6 Å². The average Bonchev–Trinajstić information content (AvgIpc) is 2.47. The number of methoxy groups -OCH3 is 1. The van der Waals surface area contributed by atoms with Gasteiger partial charge in [0.25, 0.3) is 0 Å². The number of aryl methyl sites for hydroxylation is 2. The quantitative estimate of drug-likeness (QED) is 0.886. The van der Waals surface area contributed by atoms with Crippen LogP contribution < -0.4 is 10.1 Å². The Labute approximate surface area is 126 Å². The van der Waals surface area contributed by atoms with Gasteiger partial charge in [-0.15, -0.1) is 0 Å². The Morgan fingerprint density at radius 1 is 1.19 bits per heavy atom. The van der Waals surface area contributed by atoms with Crippen molar-refractivity contribution in [3.63, 3.8) is 0 Å². The Kier molecular flexibility index (Phi) is 5.28. The molecule has 4 nitrogen and oxygen atoms in total. The Balaban J connectivity index is 2.26. The molecule has 0 saturated heterocycles. The summed E-state index contributed by atoms with van der Waals surface area (Å²) in [7, 11) is 1.62. The first kappa shape index (κ1) is 15.4. The van der Waals surface area contributed by atoms with Crippen LogP contribution in [0.25, 0.3) is 0 Å². The van der Waals surface area contributed by atoms with Crippen LogP contribution in [0.5, 0.6) is 5.88 Å². The molecule has 0 aliphatic rings. The van der Waals surface area contributed by atoms with Crippen molar-refractivity contribution in [2.75, 3.05) is 13.7 Å². The lowest BCUT2D eigenvalue weighted by atomic mass is 9.96. The van der Waals surface area contributed by atoms with Gasteiger partial charge in [-0.05, 0) is 31.5 Å². The van der Waals surface area contributed by atoms with E-state index in [-0.39, 0.29) is 6.04 Å². The molecule has 1 heterocycles. The van der Waals surface area contributed by atoms with Crippen LogP contribution in [0.3, 0.4) is 0 Å². The summed E-state index contributed by atoms with van der Waals surface area (Å²) in [5, 5.41) is 3.54. The van der Waals surface area contributed by atoms with Crippen LogP contribution >= 0.6 is 0 Å². The van der Waals surface area contributed by atoms with Crippen molar-refractivity contribution in [1.82, 2.24) is 15.3 Å². The summed E-state index contributed by atoms with van der Waals surface area (Å²) in [5.74, 6) is 0.607. The molecule has 21 heavy (non-hydrogen) atoms. The molecule has 0 aliphatic heterocycles. The largest absolute Gasteiger partial charge is 0.481 e. The van der Waals surface area contributed by atoms with Gasteiger partial charge in [0, 0.05) is 24.2 Å². The Morgan fingerprint density at radius 3 is 2.67 bits per heavy atom. The lowest BCUT2D eigenvalue weighted by Gasteiger charge is -2.20. The molecular weight excluding hydrogens is 262 g/mol. The molecule has 0 radical (unpaired) electrons. The molecule has 0 bridgehead atoms. The third-order valence-electron chi connectivity index (χ3n) is 3.57. The number of rotatable bonds is 6. The van der Waals surface area contributed by atoms with Gasteiger partial charge in [-0.2, -0.15) is 0 Å². The second kappa shape index (κ2) is 7.18. The van der Waals surface area contributed by atoms with E-state index in [0.29, 0.717) is 5.88 Å². The fourth-order valence-corrected chi connectivity index (χ4v) is 2.56. The average molecular weight is 285 g/mol. The van der Waals surface area contributed by atoms with Crippen LogP contribution in [-0.4, -0.2) is 23.6 Å². The highest BCUT2D eigenvalue weighted by Gasteiger charge is 2.15. The van der Waals surface area contributed by atoms with Gasteiger partial charge in [-0.25, -0.2) is 9.97 Å². The van der Waals surface area contributed by atoms with Crippen molar-refractivity contribution in [2.45, 2.75) is 33.2 Å². The zero-order valence-corrected chi connectivity index (χ0v) is 13.2. The third kappa shape index (κ3) is 4.02. The van der Waals surface area contributed by atoms with E-state index in [1.54, 1.807) is 13.4 Å². The van der Waals surface area contributed by atoms with Crippen molar-refractivity contribution < 1.29 is 4.74 Å². The monoisotopic (exact) mass is 285 g/mol. The van der Waals surface area contributed by atoms with Gasteiger partial charge in [-0.1, -0.05) is 30.7 Å².